The molecule has 0 saturated heterocycles. The van der Waals surface area contributed by atoms with E-state index in [0.29, 0.717) is 0 Å². The van der Waals surface area contributed by atoms with Gasteiger partial charge in [-0.2, -0.15) is 4.58 Å². The summed E-state index contributed by atoms with van der Waals surface area (Å²) in [5.74, 6) is 0. The van der Waals surface area contributed by atoms with Crippen LogP contribution in [-0.4, -0.2) is 16.8 Å². The number of benzene rings is 5. The van der Waals surface area contributed by atoms with Gasteiger partial charge in [0.15, 0.2) is 5.71 Å². The van der Waals surface area contributed by atoms with Gasteiger partial charge in [-0.15, -0.1) is 0 Å². The number of anilines is 2. The number of para-hydroxylation sites is 3. The van der Waals surface area contributed by atoms with E-state index in [2.05, 4.69) is 177 Å². The maximum Gasteiger partial charge on any atom is 0.209 e. The van der Waals surface area contributed by atoms with Crippen LogP contribution in [0.15, 0.2) is 170 Å². The highest BCUT2D eigenvalue weighted by Crippen LogP contribution is 2.43. The van der Waals surface area contributed by atoms with E-state index in [1.165, 1.54) is 39.2 Å². The number of fused-ring (bicyclic) bond motifs is 1. The molecule has 0 spiro atoms. The van der Waals surface area contributed by atoms with E-state index in [1.54, 1.807) is 0 Å². The normalized spacial score (nSPS) is 16.9. The molecule has 0 bridgehead atoms. The van der Waals surface area contributed by atoms with Gasteiger partial charge >= 0.3 is 0 Å². The summed E-state index contributed by atoms with van der Waals surface area (Å²) < 4.78 is 2.46. The Hall–Kier alpha value is -5.41. The third-order valence-electron chi connectivity index (χ3n) is 10.1. The first-order chi connectivity index (χ1) is 23.8. The fraction of sp³-hybridized carbons (Fsp3) is 0.196. The first-order valence-electron chi connectivity index (χ1n) is 17.4. The minimum atomic E-state index is -0.281. The van der Waals surface area contributed by atoms with Crippen molar-refractivity contribution in [2.75, 3.05) is 17.2 Å². The van der Waals surface area contributed by atoms with Crippen molar-refractivity contribution < 1.29 is 4.58 Å². The number of hydrogen-bond acceptors (Lipinski definition) is 2. The van der Waals surface area contributed by atoms with Crippen LogP contribution in [0.1, 0.15) is 48.6 Å². The van der Waals surface area contributed by atoms with Crippen LogP contribution in [0, 0.1) is 6.92 Å². The Kier molecular flexibility index (Phi) is 10.1. The van der Waals surface area contributed by atoms with Gasteiger partial charge in [0.25, 0.3) is 0 Å². The highest BCUT2D eigenvalue weighted by Gasteiger charge is 2.47. The Balaban J connectivity index is 1.26. The maximum atomic E-state index is 4.61. The lowest BCUT2D eigenvalue weighted by atomic mass is 9.70. The largest absolute Gasteiger partial charge is 0.362 e. The first-order valence-corrected chi connectivity index (χ1v) is 17.4. The van der Waals surface area contributed by atoms with Crippen molar-refractivity contribution in [2.45, 2.75) is 51.4 Å². The van der Waals surface area contributed by atoms with E-state index in [9.17, 15) is 0 Å². The predicted molar refractivity (Wildman–Crippen MR) is 209 cm³/mol. The van der Waals surface area contributed by atoms with Crippen molar-refractivity contribution in [3.8, 4) is 0 Å². The van der Waals surface area contributed by atoms with E-state index < -0.39 is 0 Å². The first kappa shape index (κ1) is 33.5. The topological polar surface area (TPSA) is 27.1 Å². The Morgan fingerprint density at radius 3 is 1.96 bits per heavy atom. The smallest absolute Gasteiger partial charge is 0.209 e. The molecule has 246 valence electrons. The summed E-state index contributed by atoms with van der Waals surface area (Å²) in [4.78, 5) is 0. The SMILES string of the molecule is C=C(C=CNc1ccccc1)C(C)(Cc1ccc(CC2(C)C(C=CNc3ccccc3)=[N+](CC)c3ccccc32)cc1)c1ccccc1C. The second kappa shape index (κ2) is 14.8. The van der Waals surface area contributed by atoms with Crippen LogP contribution < -0.4 is 10.6 Å². The van der Waals surface area contributed by atoms with E-state index in [4.69, 9.17) is 0 Å². The molecule has 3 heteroatoms. The number of nitrogens with zero attached hydrogens (tertiary/aromatic N) is 1. The zero-order chi connectivity index (χ0) is 34.3. The van der Waals surface area contributed by atoms with Gasteiger partial charge in [0.2, 0.25) is 5.69 Å². The molecule has 2 atom stereocenters. The molecule has 0 amide bonds. The van der Waals surface area contributed by atoms with Crippen LogP contribution in [0.2, 0.25) is 0 Å². The van der Waals surface area contributed by atoms with Crippen molar-refractivity contribution in [1.29, 1.82) is 0 Å². The number of aryl methyl sites for hydroxylation is 1. The number of hydrogen-bond donors (Lipinski definition) is 2. The van der Waals surface area contributed by atoms with E-state index >= 15 is 0 Å². The Morgan fingerprint density at radius 1 is 0.735 bits per heavy atom. The van der Waals surface area contributed by atoms with Gasteiger partial charge < -0.3 is 10.6 Å². The quantitative estimate of drug-likeness (QED) is 0.0988. The molecule has 0 saturated carbocycles. The molecular weight excluding hydrogens is 595 g/mol. The van der Waals surface area contributed by atoms with E-state index in [0.717, 1.165) is 36.3 Å². The molecule has 1 heterocycles. The van der Waals surface area contributed by atoms with Crippen LogP contribution in [-0.2, 0) is 23.7 Å². The molecule has 5 aromatic carbocycles. The van der Waals surface area contributed by atoms with Crippen molar-refractivity contribution in [3.05, 3.63) is 198 Å². The Morgan fingerprint density at radius 2 is 1.31 bits per heavy atom. The summed E-state index contributed by atoms with van der Waals surface area (Å²) >= 11 is 0. The lowest BCUT2D eigenvalue weighted by Crippen LogP contribution is -2.33. The van der Waals surface area contributed by atoms with E-state index in [-0.39, 0.29) is 10.8 Å². The molecule has 2 N–H and O–H groups in total. The molecule has 49 heavy (non-hydrogen) atoms. The van der Waals surface area contributed by atoms with Gasteiger partial charge in [0.05, 0.1) is 5.41 Å². The summed E-state index contributed by atoms with van der Waals surface area (Å²) in [6.07, 6.45) is 10.2. The number of allylic oxidation sites excluding steroid dienone is 3. The van der Waals surface area contributed by atoms with Crippen LogP contribution in [0.5, 0.6) is 0 Å². The number of rotatable bonds is 13. The van der Waals surface area contributed by atoms with E-state index in [1.807, 2.05) is 30.5 Å². The Bertz CT molecular complexity index is 1990. The second-order valence-electron chi connectivity index (χ2n) is 13.5. The lowest BCUT2D eigenvalue weighted by Gasteiger charge is -2.33. The van der Waals surface area contributed by atoms with Crippen LogP contribution in [0.3, 0.4) is 0 Å². The molecule has 5 aromatic rings. The average molecular weight is 643 g/mol. The molecular formula is C46H48N3+. The standard InChI is InChI=1S/C46H47N3/c1-6-49-43-24-16-15-23-42(43)46(5,44(49)30-32-48-40-20-11-8-12-21-40)34-38-27-25-37(26-28-38)33-45(4,41-22-14-13-17-35(41)2)36(3)29-31-47-39-18-9-7-10-19-39/h7-32,47H,3,6,33-34H2,1-2,4-5H3/p+1. The highest BCUT2D eigenvalue weighted by atomic mass is 15.1. The minimum absolute atomic E-state index is 0.177. The molecule has 1 aliphatic heterocycles. The van der Waals surface area contributed by atoms with Crippen molar-refractivity contribution in [1.82, 2.24) is 0 Å². The summed E-state index contributed by atoms with van der Waals surface area (Å²) in [6, 6.07) is 47.5. The van der Waals surface area contributed by atoms with Crippen LogP contribution >= 0.6 is 0 Å². The second-order valence-corrected chi connectivity index (χ2v) is 13.5. The monoisotopic (exact) mass is 642 g/mol. The fourth-order valence-corrected chi connectivity index (χ4v) is 7.41. The van der Waals surface area contributed by atoms with Crippen molar-refractivity contribution in [2.24, 2.45) is 0 Å². The molecule has 0 radical (unpaired) electrons. The maximum absolute atomic E-state index is 4.61. The summed E-state index contributed by atoms with van der Waals surface area (Å²) in [5, 5.41) is 6.88. The van der Waals surface area contributed by atoms with Gasteiger partial charge in [-0.3, -0.25) is 0 Å². The molecule has 0 aliphatic carbocycles. The van der Waals surface area contributed by atoms with Gasteiger partial charge in [-0.1, -0.05) is 117 Å². The predicted octanol–water partition coefficient (Wildman–Crippen LogP) is 10.9. The average Bonchev–Trinajstić information content (AvgIpc) is 3.36. The van der Waals surface area contributed by atoms with Crippen LogP contribution in [0.25, 0.3) is 0 Å². The fourth-order valence-electron chi connectivity index (χ4n) is 7.41. The number of nitrogens with one attached hydrogen (secondary N) is 2. The molecule has 1 aliphatic rings. The third kappa shape index (κ3) is 7.22. The summed E-state index contributed by atoms with van der Waals surface area (Å²) in [6.45, 7) is 14.7. The van der Waals surface area contributed by atoms with Gasteiger partial charge in [0, 0.05) is 46.9 Å². The Labute approximate surface area is 293 Å². The summed E-state index contributed by atoms with van der Waals surface area (Å²) in [5.41, 5.74) is 11.9. The lowest BCUT2D eigenvalue weighted by molar-refractivity contribution is -0.433. The molecule has 3 nitrogen and oxygen atoms in total. The van der Waals surface area contributed by atoms with Gasteiger partial charge in [0.1, 0.15) is 6.54 Å². The van der Waals surface area contributed by atoms with Gasteiger partial charge in [-0.05, 0) is 91.8 Å². The molecule has 0 aromatic heterocycles. The highest BCUT2D eigenvalue weighted by molar-refractivity contribution is 6.03. The zero-order valence-electron chi connectivity index (χ0n) is 29.3. The van der Waals surface area contributed by atoms with Crippen LogP contribution in [0.4, 0.5) is 17.1 Å². The molecule has 2 unspecified atom stereocenters. The van der Waals surface area contributed by atoms with Crippen molar-refractivity contribution in [3.63, 3.8) is 0 Å². The van der Waals surface area contributed by atoms with Gasteiger partial charge in [-0.25, -0.2) is 0 Å². The summed E-state index contributed by atoms with van der Waals surface area (Å²) in [7, 11) is 0. The zero-order valence-corrected chi connectivity index (χ0v) is 29.3. The molecule has 0 fully saturated rings. The molecule has 6 rings (SSSR count). The van der Waals surface area contributed by atoms with Crippen molar-refractivity contribution >= 4 is 22.8 Å². The minimum Gasteiger partial charge on any atom is -0.362 e. The third-order valence-corrected chi connectivity index (χ3v) is 10.1.